The molecule has 2 atom stereocenters. The summed E-state index contributed by atoms with van der Waals surface area (Å²) in [6.45, 7) is 0. The van der Waals surface area contributed by atoms with Crippen molar-refractivity contribution in [1.82, 2.24) is 0 Å². The van der Waals surface area contributed by atoms with Crippen LogP contribution in [0, 0.1) is 0 Å². The Hall–Kier alpha value is -5.04. The van der Waals surface area contributed by atoms with Crippen LogP contribution in [0.2, 0.25) is 0 Å². The molecular weight excluding hydrogens is 565 g/mol. The summed E-state index contributed by atoms with van der Waals surface area (Å²) >= 11 is 0. The molecule has 0 unspecified atom stereocenters. The smallest absolute Gasteiger partial charge is 0.217 e. The molecule has 3 heteroatoms. The van der Waals surface area contributed by atoms with Gasteiger partial charge in [0, 0.05) is 12.0 Å². The minimum atomic E-state index is -0.837. The van der Waals surface area contributed by atoms with Crippen LogP contribution in [0.3, 0.4) is 0 Å². The van der Waals surface area contributed by atoms with Crippen LogP contribution >= 0.6 is 7.92 Å². The number of rotatable bonds is 5. The van der Waals surface area contributed by atoms with Gasteiger partial charge in [0.1, 0.15) is 12.1 Å². The lowest BCUT2D eigenvalue weighted by Crippen LogP contribution is -2.22. The highest BCUT2D eigenvalue weighted by atomic mass is 31.1. The molecule has 1 aliphatic carbocycles. The van der Waals surface area contributed by atoms with Crippen molar-refractivity contribution < 1.29 is 4.74 Å². The van der Waals surface area contributed by atoms with Gasteiger partial charge in [0.25, 0.3) is 0 Å². The maximum atomic E-state index is 6.65. The number of ether oxygens (including phenoxy) is 1. The highest BCUT2D eigenvalue weighted by Gasteiger charge is 2.39. The Morgan fingerprint density at radius 1 is 0.578 bits per heavy atom. The fourth-order valence-corrected chi connectivity index (χ4v) is 9.67. The van der Waals surface area contributed by atoms with E-state index in [4.69, 9.17) is 9.73 Å². The van der Waals surface area contributed by atoms with Gasteiger partial charge in [-0.05, 0) is 79.8 Å². The standard InChI is InChI=1S/C42H30NOP/c1-3-16-32(17-4-1)45(33-18-5-2-6-19-33)39-24-23-28-13-7-11-21-35(28)40(39)37-26-31(25-29-14-8-10-20-34(29)37)42-43-41-36-22-12-9-15-30(36)27-38(41)44-42/h1-26,38,41H,27H2/t38-,41+/m0/s1. The molecule has 0 fully saturated rings. The second-order valence-corrected chi connectivity index (χ2v) is 14.1. The molecule has 1 aliphatic heterocycles. The van der Waals surface area contributed by atoms with Gasteiger partial charge in [-0.1, -0.05) is 146 Å². The number of hydrogen-bond acceptors (Lipinski definition) is 2. The van der Waals surface area contributed by atoms with Gasteiger partial charge in [-0.25, -0.2) is 4.99 Å². The van der Waals surface area contributed by atoms with E-state index < -0.39 is 7.92 Å². The first-order valence-electron chi connectivity index (χ1n) is 15.6. The van der Waals surface area contributed by atoms with Crippen molar-refractivity contribution in [1.29, 1.82) is 0 Å². The molecule has 0 amide bonds. The Balaban J connectivity index is 1.31. The van der Waals surface area contributed by atoms with Crippen molar-refractivity contribution in [3.05, 3.63) is 174 Å². The van der Waals surface area contributed by atoms with Crippen LogP contribution in [0.4, 0.5) is 0 Å². The summed E-state index contributed by atoms with van der Waals surface area (Å²) in [7, 11) is -0.837. The van der Waals surface area contributed by atoms with Crippen molar-refractivity contribution in [3.63, 3.8) is 0 Å². The molecule has 0 aromatic heterocycles. The fourth-order valence-electron chi connectivity index (χ4n) is 7.19. The van der Waals surface area contributed by atoms with E-state index in [0.717, 1.165) is 17.9 Å². The van der Waals surface area contributed by atoms with Gasteiger partial charge in [-0.2, -0.15) is 0 Å². The molecule has 1 heterocycles. The van der Waals surface area contributed by atoms with E-state index in [-0.39, 0.29) is 12.1 Å². The second-order valence-electron chi connectivity index (χ2n) is 11.9. The highest BCUT2D eigenvalue weighted by Crippen LogP contribution is 2.44. The number of fused-ring (bicyclic) bond motifs is 5. The predicted octanol–water partition coefficient (Wildman–Crippen LogP) is 8.86. The first-order chi connectivity index (χ1) is 22.3. The second kappa shape index (κ2) is 10.8. The molecule has 0 saturated carbocycles. The topological polar surface area (TPSA) is 21.6 Å². The molecule has 9 rings (SSSR count). The summed E-state index contributed by atoms with van der Waals surface area (Å²) in [5, 5.41) is 8.95. The molecule has 214 valence electrons. The van der Waals surface area contributed by atoms with Crippen molar-refractivity contribution in [3.8, 4) is 11.1 Å². The third kappa shape index (κ3) is 4.48. The molecule has 2 nitrogen and oxygen atoms in total. The Morgan fingerprint density at radius 3 is 2.00 bits per heavy atom. The van der Waals surface area contributed by atoms with Crippen LogP contribution in [0.15, 0.2) is 163 Å². The van der Waals surface area contributed by atoms with Gasteiger partial charge >= 0.3 is 0 Å². The molecule has 7 aromatic carbocycles. The average Bonchev–Trinajstić information content (AvgIpc) is 3.68. The van der Waals surface area contributed by atoms with Gasteiger partial charge in [0.15, 0.2) is 0 Å². The summed E-state index contributed by atoms with van der Waals surface area (Å²) in [6.07, 6.45) is 0.963. The number of nitrogens with zero attached hydrogens (tertiary/aromatic N) is 1. The molecule has 7 aromatic rings. The maximum Gasteiger partial charge on any atom is 0.217 e. The highest BCUT2D eigenvalue weighted by molar-refractivity contribution is 7.80. The SMILES string of the molecule is c1ccc(P(c2ccccc2)c2ccc3ccccc3c2-c2cc(C3=N[C@@H]4c5ccccc5C[C@@H]4O3)cc3ccccc23)cc1. The van der Waals surface area contributed by atoms with E-state index in [1.165, 1.54) is 59.7 Å². The minimum Gasteiger partial charge on any atom is -0.471 e. The van der Waals surface area contributed by atoms with Crippen molar-refractivity contribution in [2.75, 3.05) is 0 Å². The summed E-state index contributed by atoms with van der Waals surface area (Å²) in [5.74, 6) is 0.752. The summed E-state index contributed by atoms with van der Waals surface area (Å²) in [6, 6.07) is 57.5. The molecule has 0 saturated heterocycles. The van der Waals surface area contributed by atoms with Crippen LogP contribution in [-0.2, 0) is 11.2 Å². The van der Waals surface area contributed by atoms with Gasteiger partial charge in [-0.15, -0.1) is 0 Å². The Morgan fingerprint density at radius 2 is 1.22 bits per heavy atom. The quantitative estimate of drug-likeness (QED) is 0.182. The third-order valence-electron chi connectivity index (χ3n) is 9.22. The molecule has 0 N–H and O–H groups in total. The van der Waals surface area contributed by atoms with Gasteiger partial charge in [0.2, 0.25) is 5.90 Å². The number of aliphatic imine (C=N–C) groups is 1. The number of hydrogen-bond donors (Lipinski definition) is 0. The number of benzene rings is 7. The van der Waals surface area contributed by atoms with E-state index >= 15 is 0 Å². The Kier molecular flexibility index (Phi) is 6.35. The van der Waals surface area contributed by atoms with Crippen LogP contribution in [-0.4, -0.2) is 12.0 Å². The predicted molar refractivity (Wildman–Crippen MR) is 190 cm³/mol. The molecule has 2 aliphatic rings. The average molecular weight is 596 g/mol. The molecular formula is C42H30NOP. The van der Waals surface area contributed by atoms with Crippen LogP contribution in [0.25, 0.3) is 32.7 Å². The van der Waals surface area contributed by atoms with Gasteiger partial charge < -0.3 is 4.74 Å². The summed E-state index contributed by atoms with van der Waals surface area (Å²) < 4.78 is 6.65. The van der Waals surface area contributed by atoms with Crippen molar-refractivity contribution >= 4 is 51.3 Å². The van der Waals surface area contributed by atoms with E-state index in [0.29, 0.717) is 0 Å². The van der Waals surface area contributed by atoms with E-state index in [1.807, 2.05) is 0 Å². The van der Waals surface area contributed by atoms with Crippen molar-refractivity contribution in [2.45, 2.75) is 18.6 Å². The zero-order chi connectivity index (χ0) is 29.7. The lowest BCUT2D eigenvalue weighted by Gasteiger charge is -2.25. The third-order valence-corrected chi connectivity index (χ3v) is 11.7. The summed E-state index contributed by atoms with van der Waals surface area (Å²) in [4.78, 5) is 5.22. The van der Waals surface area contributed by atoms with Crippen LogP contribution < -0.4 is 15.9 Å². The van der Waals surface area contributed by atoms with Crippen molar-refractivity contribution in [2.24, 2.45) is 4.99 Å². The zero-order valence-electron chi connectivity index (χ0n) is 24.7. The van der Waals surface area contributed by atoms with E-state index in [1.54, 1.807) is 0 Å². The monoisotopic (exact) mass is 595 g/mol. The summed E-state index contributed by atoms with van der Waals surface area (Å²) in [5.41, 5.74) is 6.20. The van der Waals surface area contributed by atoms with Crippen LogP contribution in [0.5, 0.6) is 0 Å². The zero-order valence-corrected chi connectivity index (χ0v) is 25.6. The Bertz CT molecular complexity index is 2200. The Labute approximate surface area is 264 Å². The minimum absolute atomic E-state index is 0.0586. The molecule has 45 heavy (non-hydrogen) atoms. The lowest BCUT2D eigenvalue weighted by molar-refractivity contribution is 0.206. The molecule has 0 spiro atoms. The fraction of sp³-hybridized carbons (Fsp3) is 0.0714. The van der Waals surface area contributed by atoms with E-state index in [9.17, 15) is 0 Å². The van der Waals surface area contributed by atoms with Gasteiger partial charge in [-0.3, -0.25) is 0 Å². The van der Waals surface area contributed by atoms with Gasteiger partial charge in [0.05, 0.1) is 0 Å². The molecule has 0 bridgehead atoms. The first kappa shape index (κ1) is 26.4. The first-order valence-corrected chi connectivity index (χ1v) is 16.9. The van der Waals surface area contributed by atoms with E-state index in [2.05, 4.69) is 158 Å². The largest absolute Gasteiger partial charge is 0.471 e. The maximum absolute atomic E-state index is 6.65. The normalized spacial score (nSPS) is 16.9. The lowest BCUT2D eigenvalue weighted by atomic mass is 9.92. The molecule has 0 radical (unpaired) electrons. The van der Waals surface area contributed by atoms with Crippen LogP contribution in [0.1, 0.15) is 22.7 Å².